The zero-order valence-electron chi connectivity index (χ0n) is 11.0. The lowest BCUT2D eigenvalue weighted by Crippen LogP contribution is -2.18. The minimum Gasteiger partial charge on any atom is -0.383 e. The first-order valence-corrected chi connectivity index (χ1v) is 6.48. The van der Waals surface area contributed by atoms with Gasteiger partial charge in [0.15, 0.2) is 0 Å². The third kappa shape index (κ3) is 2.50. The molecule has 0 aliphatic heterocycles. The van der Waals surface area contributed by atoms with Crippen LogP contribution in [0.5, 0.6) is 0 Å². The molecular weight excluding hydrogens is 292 g/mol. The minimum absolute atomic E-state index is 0.170. The van der Waals surface area contributed by atoms with Gasteiger partial charge >= 0.3 is 0 Å². The number of aromatic nitrogens is 5. The van der Waals surface area contributed by atoms with Crippen LogP contribution in [0.25, 0.3) is 17.2 Å². The van der Waals surface area contributed by atoms with Crippen LogP contribution >= 0.6 is 11.6 Å². The monoisotopic (exact) mass is 302 g/mol. The number of halogens is 1. The second-order valence-corrected chi connectivity index (χ2v) is 4.87. The van der Waals surface area contributed by atoms with Gasteiger partial charge in [-0.15, -0.1) is 10.2 Å². The van der Waals surface area contributed by atoms with E-state index in [0.29, 0.717) is 16.5 Å². The number of nitrogens with one attached hydrogen (secondary N) is 1. The summed E-state index contributed by atoms with van der Waals surface area (Å²) in [5, 5.41) is 12.6. The van der Waals surface area contributed by atoms with Crippen molar-refractivity contribution in [2.45, 2.75) is 6.92 Å². The molecule has 1 aromatic carbocycles. The van der Waals surface area contributed by atoms with Crippen LogP contribution in [0.3, 0.4) is 0 Å². The molecule has 2 heterocycles. The topological polar surface area (TPSA) is 102 Å². The molecule has 0 saturated carbocycles. The average molecular weight is 303 g/mol. The Hall–Kier alpha value is -2.67. The molecule has 0 aliphatic carbocycles. The second-order valence-electron chi connectivity index (χ2n) is 4.44. The van der Waals surface area contributed by atoms with Crippen molar-refractivity contribution in [1.29, 1.82) is 0 Å². The number of anilines is 1. The molecule has 0 atom stereocenters. The molecule has 2 aromatic heterocycles. The summed E-state index contributed by atoms with van der Waals surface area (Å²) in [6.45, 7) is 1.57. The largest absolute Gasteiger partial charge is 0.383 e. The van der Waals surface area contributed by atoms with Crippen molar-refractivity contribution in [3.05, 3.63) is 51.4 Å². The maximum atomic E-state index is 11.6. The van der Waals surface area contributed by atoms with Crippen LogP contribution in [-0.2, 0) is 0 Å². The molecule has 106 valence electrons. The van der Waals surface area contributed by atoms with Crippen molar-refractivity contribution in [2.24, 2.45) is 0 Å². The summed E-state index contributed by atoms with van der Waals surface area (Å²) in [6, 6.07) is 8.87. The smallest absolute Gasteiger partial charge is 0.274 e. The molecule has 8 heteroatoms. The van der Waals surface area contributed by atoms with Crippen LogP contribution in [0, 0.1) is 6.92 Å². The average Bonchev–Trinajstić information content (AvgIpc) is 2.85. The quantitative estimate of drug-likeness (QED) is 0.748. The van der Waals surface area contributed by atoms with E-state index in [1.165, 1.54) is 4.68 Å². The van der Waals surface area contributed by atoms with Crippen molar-refractivity contribution < 1.29 is 0 Å². The lowest BCUT2D eigenvalue weighted by molar-refractivity contribution is 0.760. The van der Waals surface area contributed by atoms with E-state index in [4.69, 9.17) is 17.3 Å². The summed E-state index contributed by atoms with van der Waals surface area (Å²) in [5.74, 6) is 0.511. The van der Waals surface area contributed by atoms with Gasteiger partial charge in [-0.1, -0.05) is 23.7 Å². The normalized spacial score (nSPS) is 10.8. The molecule has 0 fully saturated rings. The third-order valence-electron chi connectivity index (χ3n) is 2.93. The summed E-state index contributed by atoms with van der Waals surface area (Å²) in [7, 11) is 0. The van der Waals surface area contributed by atoms with E-state index >= 15 is 0 Å². The summed E-state index contributed by atoms with van der Waals surface area (Å²) >= 11 is 5.86. The molecule has 0 radical (unpaired) electrons. The van der Waals surface area contributed by atoms with Crippen molar-refractivity contribution in [3.8, 4) is 17.2 Å². The zero-order valence-corrected chi connectivity index (χ0v) is 11.8. The minimum atomic E-state index is -0.331. The lowest BCUT2D eigenvalue weighted by Gasteiger charge is -2.01. The predicted molar refractivity (Wildman–Crippen MR) is 79.4 cm³/mol. The maximum Gasteiger partial charge on any atom is 0.274 e. The first kappa shape index (κ1) is 13.3. The van der Waals surface area contributed by atoms with Gasteiger partial charge in [0.05, 0.1) is 5.69 Å². The van der Waals surface area contributed by atoms with E-state index in [1.54, 1.807) is 25.1 Å². The van der Waals surface area contributed by atoms with Crippen LogP contribution in [0.2, 0.25) is 5.02 Å². The molecule has 0 saturated heterocycles. The number of H-pyrrole nitrogens is 1. The van der Waals surface area contributed by atoms with E-state index in [2.05, 4.69) is 20.3 Å². The van der Waals surface area contributed by atoms with Crippen molar-refractivity contribution in [3.63, 3.8) is 0 Å². The van der Waals surface area contributed by atoms with Crippen molar-refractivity contribution in [2.75, 3.05) is 5.73 Å². The molecule has 3 aromatic rings. The first-order valence-electron chi connectivity index (χ1n) is 6.10. The highest BCUT2D eigenvalue weighted by Crippen LogP contribution is 2.23. The van der Waals surface area contributed by atoms with E-state index in [1.807, 2.05) is 12.1 Å². The SMILES string of the molecule is Cc1nnc(-n2nc(-c3ccc(Cl)cc3)cc2N)[nH]c1=O. The van der Waals surface area contributed by atoms with E-state index in [0.717, 1.165) is 5.56 Å². The van der Waals surface area contributed by atoms with Crippen molar-refractivity contribution >= 4 is 17.4 Å². The fourth-order valence-electron chi connectivity index (χ4n) is 1.81. The Labute approximate surface area is 124 Å². The molecule has 0 aliphatic rings. The Morgan fingerprint density at radius 2 is 1.95 bits per heavy atom. The lowest BCUT2D eigenvalue weighted by atomic mass is 10.1. The molecule has 3 N–H and O–H groups in total. The van der Waals surface area contributed by atoms with Gasteiger partial charge < -0.3 is 5.73 Å². The van der Waals surface area contributed by atoms with Crippen LogP contribution in [0.4, 0.5) is 5.82 Å². The number of nitrogens with zero attached hydrogens (tertiary/aromatic N) is 4. The number of hydrogen-bond donors (Lipinski definition) is 2. The van der Waals surface area contributed by atoms with E-state index in [-0.39, 0.29) is 17.2 Å². The molecule has 3 rings (SSSR count). The highest BCUT2D eigenvalue weighted by molar-refractivity contribution is 6.30. The Bertz CT molecular complexity index is 852. The van der Waals surface area contributed by atoms with E-state index in [9.17, 15) is 4.79 Å². The zero-order chi connectivity index (χ0) is 15.0. The maximum absolute atomic E-state index is 11.6. The summed E-state index contributed by atoms with van der Waals surface area (Å²) in [6.07, 6.45) is 0. The van der Waals surface area contributed by atoms with Gasteiger partial charge in [0.1, 0.15) is 11.5 Å². The number of aryl methyl sites for hydroxylation is 1. The molecule has 0 unspecified atom stereocenters. The Morgan fingerprint density at radius 3 is 2.62 bits per heavy atom. The number of nitrogen functional groups attached to an aromatic ring is 1. The van der Waals surface area contributed by atoms with Gasteiger partial charge in [-0.05, 0) is 19.1 Å². The molecule has 7 nitrogen and oxygen atoms in total. The first-order chi connectivity index (χ1) is 10.0. The standard InChI is InChI=1S/C13H11ClN6O/c1-7-12(21)16-13(18-17-7)20-11(15)6-10(19-20)8-2-4-9(14)5-3-8/h2-6H,15H2,1H3,(H,16,18,21). The highest BCUT2D eigenvalue weighted by atomic mass is 35.5. The van der Waals surface area contributed by atoms with Gasteiger partial charge in [-0.3, -0.25) is 9.78 Å². The summed E-state index contributed by atoms with van der Waals surface area (Å²) in [5.41, 5.74) is 7.36. The highest BCUT2D eigenvalue weighted by Gasteiger charge is 2.11. The van der Waals surface area contributed by atoms with Gasteiger partial charge in [0.25, 0.3) is 11.5 Å². The molecule has 0 bridgehead atoms. The number of rotatable bonds is 2. The fraction of sp³-hybridized carbons (Fsp3) is 0.0769. The number of aromatic amines is 1. The van der Waals surface area contributed by atoms with Gasteiger partial charge in [-0.25, -0.2) is 0 Å². The molecular formula is C13H11ClN6O. The Balaban J connectivity index is 2.07. The van der Waals surface area contributed by atoms with Gasteiger partial charge in [0, 0.05) is 16.7 Å². The van der Waals surface area contributed by atoms with Crippen molar-refractivity contribution in [1.82, 2.24) is 25.0 Å². The number of nitrogens with two attached hydrogens (primary N) is 1. The number of benzene rings is 1. The molecule has 0 spiro atoms. The second kappa shape index (κ2) is 5.02. The fourth-order valence-corrected chi connectivity index (χ4v) is 1.93. The molecule has 21 heavy (non-hydrogen) atoms. The summed E-state index contributed by atoms with van der Waals surface area (Å²) in [4.78, 5) is 14.2. The van der Waals surface area contributed by atoms with Crippen LogP contribution in [0.1, 0.15) is 5.69 Å². The van der Waals surface area contributed by atoms with Gasteiger partial charge in [0.2, 0.25) is 0 Å². The Kier molecular flexibility index (Phi) is 3.19. The predicted octanol–water partition coefficient (Wildman–Crippen LogP) is 1.56. The van der Waals surface area contributed by atoms with Crippen LogP contribution in [-0.4, -0.2) is 25.0 Å². The van der Waals surface area contributed by atoms with Crippen LogP contribution < -0.4 is 11.3 Å². The van der Waals surface area contributed by atoms with E-state index < -0.39 is 0 Å². The number of hydrogen-bond acceptors (Lipinski definition) is 5. The third-order valence-corrected chi connectivity index (χ3v) is 3.18. The van der Waals surface area contributed by atoms with Crippen LogP contribution in [0.15, 0.2) is 35.1 Å². The summed E-state index contributed by atoms with van der Waals surface area (Å²) < 4.78 is 1.33. The van der Waals surface area contributed by atoms with Gasteiger partial charge in [-0.2, -0.15) is 9.78 Å². The Morgan fingerprint density at radius 1 is 1.24 bits per heavy atom. The molecule has 0 amide bonds.